The van der Waals surface area contributed by atoms with E-state index in [0.29, 0.717) is 18.5 Å². The van der Waals surface area contributed by atoms with Gasteiger partial charge >= 0.3 is 0 Å². The van der Waals surface area contributed by atoms with Crippen LogP contribution in [0.2, 0.25) is 0 Å². The van der Waals surface area contributed by atoms with Gasteiger partial charge in [-0.2, -0.15) is 0 Å². The number of carbonyl (C=O) groups is 3. The maximum atomic E-state index is 13.0. The number of hydrogen-bond donors (Lipinski definition) is 1. The highest BCUT2D eigenvalue weighted by molar-refractivity contribution is 6.05. The van der Waals surface area contributed by atoms with Gasteiger partial charge in [0, 0.05) is 42.9 Å². The second-order valence-corrected chi connectivity index (χ2v) is 9.32. The van der Waals surface area contributed by atoms with Crippen LogP contribution in [0.3, 0.4) is 0 Å². The van der Waals surface area contributed by atoms with Gasteiger partial charge in [-0.05, 0) is 61.3 Å². The molecule has 0 bridgehead atoms. The second kappa shape index (κ2) is 9.43. The maximum Gasteiger partial charge on any atom is 0.255 e. The van der Waals surface area contributed by atoms with Gasteiger partial charge in [0.2, 0.25) is 11.8 Å². The number of pyridine rings is 1. The summed E-state index contributed by atoms with van der Waals surface area (Å²) in [6, 6.07) is 19.9. The van der Waals surface area contributed by atoms with E-state index in [1.54, 1.807) is 4.90 Å². The Bertz CT molecular complexity index is 1290. The molecule has 3 aromatic rings. The van der Waals surface area contributed by atoms with E-state index in [-0.39, 0.29) is 24.3 Å². The van der Waals surface area contributed by atoms with Crippen LogP contribution in [0.15, 0.2) is 66.9 Å². The Balaban J connectivity index is 1.33. The van der Waals surface area contributed by atoms with Crippen molar-refractivity contribution in [2.24, 2.45) is 0 Å². The van der Waals surface area contributed by atoms with Crippen molar-refractivity contribution >= 4 is 17.7 Å². The highest BCUT2D eigenvalue weighted by atomic mass is 16.2. The highest BCUT2D eigenvalue weighted by Crippen LogP contribution is 2.31. The molecular weight excluding hydrogens is 440 g/mol. The Hall–Kier alpha value is -3.84. The molecule has 2 aliphatic heterocycles. The summed E-state index contributed by atoms with van der Waals surface area (Å²) in [4.78, 5) is 45.2. The van der Waals surface area contributed by atoms with Crippen molar-refractivity contribution in [2.75, 3.05) is 7.05 Å². The van der Waals surface area contributed by atoms with Crippen molar-refractivity contribution in [1.29, 1.82) is 0 Å². The monoisotopic (exact) mass is 468 g/mol. The van der Waals surface area contributed by atoms with E-state index in [1.807, 2.05) is 36.5 Å². The molecule has 2 atom stereocenters. The number of amides is 3. The van der Waals surface area contributed by atoms with Crippen LogP contribution in [0.1, 0.15) is 52.9 Å². The van der Waals surface area contributed by atoms with Gasteiger partial charge in [0.05, 0.1) is 5.69 Å². The number of rotatable bonds is 6. The van der Waals surface area contributed by atoms with Crippen molar-refractivity contribution in [3.8, 4) is 11.3 Å². The zero-order valence-electron chi connectivity index (χ0n) is 19.9. The van der Waals surface area contributed by atoms with E-state index in [4.69, 9.17) is 0 Å². The van der Waals surface area contributed by atoms with Gasteiger partial charge < -0.3 is 4.90 Å². The van der Waals surface area contributed by atoms with Gasteiger partial charge in [-0.25, -0.2) is 0 Å². The number of carbonyl (C=O) groups excluding carboxylic acids is 3. The molecule has 1 N–H and O–H groups in total. The Labute approximate surface area is 204 Å². The third-order valence-corrected chi connectivity index (χ3v) is 7.02. The van der Waals surface area contributed by atoms with E-state index >= 15 is 0 Å². The Kier molecular flexibility index (Phi) is 6.17. The van der Waals surface area contributed by atoms with E-state index in [2.05, 4.69) is 59.5 Å². The average Bonchev–Trinajstić information content (AvgIpc) is 3.19. The maximum absolute atomic E-state index is 13.0. The van der Waals surface area contributed by atoms with Gasteiger partial charge in [-0.1, -0.05) is 36.4 Å². The fourth-order valence-electron chi connectivity index (χ4n) is 4.88. The molecule has 0 aliphatic carbocycles. The third kappa shape index (κ3) is 4.59. The first-order valence-electron chi connectivity index (χ1n) is 11.9. The lowest BCUT2D eigenvalue weighted by Crippen LogP contribution is -2.52. The number of fused-ring (bicyclic) bond motifs is 1. The van der Waals surface area contributed by atoms with Crippen LogP contribution in [0, 0.1) is 0 Å². The first-order chi connectivity index (χ1) is 16.9. The zero-order chi connectivity index (χ0) is 24.5. The van der Waals surface area contributed by atoms with E-state index in [0.717, 1.165) is 28.9 Å². The molecule has 2 aromatic carbocycles. The fourth-order valence-corrected chi connectivity index (χ4v) is 4.88. The number of nitrogens with one attached hydrogen (secondary N) is 1. The Morgan fingerprint density at radius 2 is 1.89 bits per heavy atom. The van der Waals surface area contributed by atoms with Crippen LogP contribution in [-0.4, -0.2) is 45.6 Å². The molecule has 3 amide bonds. The summed E-state index contributed by atoms with van der Waals surface area (Å²) in [5.74, 6) is -0.849. The standard InChI is InChI=1S/C28H28N4O3/c1-18(20-6-4-3-5-7-20)31(2)16-19-12-13-29-24(14-19)21-8-9-23-22(15-21)17-32(28(23)35)25-10-11-26(33)30-27(25)34/h3-9,12-15,18,25H,10-11,16-17H2,1-2H3,(H,30,33,34)/t18-,25?/m1/s1. The molecule has 35 heavy (non-hydrogen) atoms. The lowest BCUT2D eigenvalue weighted by atomic mass is 10.0. The minimum absolute atomic E-state index is 0.167. The molecule has 7 nitrogen and oxygen atoms in total. The van der Waals surface area contributed by atoms with Gasteiger partial charge in [0.25, 0.3) is 5.91 Å². The highest BCUT2D eigenvalue weighted by Gasteiger charge is 2.39. The largest absolute Gasteiger partial charge is 0.322 e. The Morgan fingerprint density at radius 3 is 2.66 bits per heavy atom. The minimum Gasteiger partial charge on any atom is -0.322 e. The SMILES string of the molecule is C[C@H](c1ccccc1)N(C)Cc1ccnc(-c2ccc3c(c2)CN(C2CCC(=O)NC2=O)C3=O)c1. The molecule has 1 saturated heterocycles. The predicted octanol–water partition coefficient (Wildman–Crippen LogP) is 3.70. The third-order valence-electron chi connectivity index (χ3n) is 7.02. The molecule has 3 heterocycles. The molecule has 2 aliphatic rings. The summed E-state index contributed by atoms with van der Waals surface area (Å²) in [7, 11) is 2.11. The topological polar surface area (TPSA) is 82.6 Å². The molecule has 0 radical (unpaired) electrons. The first kappa shape index (κ1) is 22.9. The van der Waals surface area contributed by atoms with Crippen LogP contribution in [0.4, 0.5) is 0 Å². The summed E-state index contributed by atoms with van der Waals surface area (Å²) in [5.41, 5.74) is 5.68. The molecule has 7 heteroatoms. The lowest BCUT2D eigenvalue weighted by Gasteiger charge is -2.29. The van der Waals surface area contributed by atoms with Crippen LogP contribution in [0.5, 0.6) is 0 Å². The molecule has 0 saturated carbocycles. The van der Waals surface area contributed by atoms with Gasteiger partial charge in [-0.15, -0.1) is 0 Å². The molecular formula is C28H28N4O3. The van der Waals surface area contributed by atoms with Gasteiger partial charge in [0.15, 0.2) is 0 Å². The molecule has 1 aromatic heterocycles. The van der Waals surface area contributed by atoms with Crippen LogP contribution >= 0.6 is 0 Å². The smallest absolute Gasteiger partial charge is 0.255 e. The first-order valence-corrected chi connectivity index (χ1v) is 11.9. The van der Waals surface area contributed by atoms with Crippen molar-refractivity contribution in [2.45, 2.75) is 44.9 Å². The van der Waals surface area contributed by atoms with E-state index in [9.17, 15) is 14.4 Å². The lowest BCUT2D eigenvalue weighted by molar-refractivity contribution is -0.136. The number of nitrogens with zero attached hydrogens (tertiary/aromatic N) is 3. The Morgan fingerprint density at radius 1 is 1.09 bits per heavy atom. The fraction of sp³-hybridized carbons (Fsp3) is 0.286. The van der Waals surface area contributed by atoms with E-state index in [1.165, 1.54) is 5.56 Å². The summed E-state index contributed by atoms with van der Waals surface area (Å²) >= 11 is 0. The van der Waals surface area contributed by atoms with Crippen LogP contribution < -0.4 is 5.32 Å². The minimum atomic E-state index is -0.611. The molecule has 1 unspecified atom stereocenters. The summed E-state index contributed by atoms with van der Waals surface area (Å²) in [6.07, 6.45) is 2.42. The molecule has 5 rings (SSSR count). The van der Waals surface area contributed by atoms with Crippen molar-refractivity contribution in [3.05, 3.63) is 89.1 Å². The number of piperidine rings is 1. The molecule has 0 spiro atoms. The normalized spacial score (nSPS) is 18.5. The number of imide groups is 1. The van der Waals surface area contributed by atoms with Crippen molar-refractivity contribution in [3.63, 3.8) is 0 Å². The second-order valence-electron chi connectivity index (χ2n) is 9.32. The molecule has 178 valence electrons. The van der Waals surface area contributed by atoms with Crippen LogP contribution in [-0.2, 0) is 22.7 Å². The van der Waals surface area contributed by atoms with E-state index < -0.39 is 11.9 Å². The number of hydrogen-bond acceptors (Lipinski definition) is 5. The average molecular weight is 469 g/mol. The summed E-state index contributed by atoms with van der Waals surface area (Å²) in [5, 5.41) is 2.35. The van der Waals surface area contributed by atoms with Gasteiger partial charge in [-0.3, -0.25) is 29.6 Å². The summed E-state index contributed by atoms with van der Waals surface area (Å²) < 4.78 is 0. The summed E-state index contributed by atoms with van der Waals surface area (Å²) in [6.45, 7) is 3.33. The zero-order valence-corrected chi connectivity index (χ0v) is 19.9. The number of aromatic nitrogens is 1. The van der Waals surface area contributed by atoms with Gasteiger partial charge in [0.1, 0.15) is 6.04 Å². The van der Waals surface area contributed by atoms with Crippen molar-refractivity contribution in [1.82, 2.24) is 20.1 Å². The van der Waals surface area contributed by atoms with Crippen molar-refractivity contribution < 1.29 is 14.4 Å². The van der Waals surface area contributed by atoms with Crippen LogP contribution in [0.25, 0.3) is 11.3 Å². The molecule has 1 fully saturated rings. The predicted molar refractivity (Wildman–Crippen MR) is 132 cm³/mol. The number of benzene rings is 2. The quantitative estimate of drug-likeness (QED) is 0.558.